The molecule has 0 aliphatic carbocycles. The first-order valence-corrected chi connectivity index (χ1v) is 11.1. The molecule has 1 aromatic carbocycles. The number of fused-ring (bicyclic) bond motifs is 1. The van der Waals surface area contributed by atoms with Gasteiger partial charge < -0.3 is 9.64 Å². The average Bonchev–Trinajstić information content (AvgIpc) is 3.37. The smallest absolute Gasteiger partial charge is 0.300 e. The van der Waals surface area contributed by atoms with Gasteiger partial charge in [0.1, 0.15) is 0 Å². The van der Waals surface area contributed by atoms with Crippen LogP contribution >= 0.6 is 11.3 Å². The Morgan fingerprint density at radius 1 is 1.27 bits per heavy atom. The van der Waals surface area contributed by atoms with E-state index < -0.39 is 0 Å². The third kappa shape index (κ3) is 4.09. The number of hydrogen-bond acceptors (Lipinski definition) is 7. The summed E-state index contributed by atoms with van der Waals surface area (Å²) < 4.78 is 7.05. The van der Waals surface area contributed by atoms with Crippen molar-refractivity contribution in [3.63, 3.8) is 0 Å². The minimum atomic E-state index is -0.232. The van der Waals surface area contributed by atoms with Crippen LogP contribution < -0.4 is 15.2 Å². The second kappa shape index (κ2) is 8.55. The summed E-state index contributed by atoms with van der Waals surface area (Å²) in [7, 11) is 1.64. The number of aryl methyl sites for hydroxylation is 1. The Kier molecular flexibility index (Phi) is 5.85. The van der Waals surface area contributed by atoms with E-state index >= 15 is 0 Å². The molecule has 1 atom stereocenters. The molecule has 8 heteroatoms. The molecule has 0 radical (unpaired) electrons. The van der Waals surface area contributed by atoms with Gasteiger partial charge in [-0.15, -0.1) is 0 Å². The molecule has 0 spiro atoms. The van der Waals surface area contributed by atoms with Gasteiger partial charge in [0, 0.05) is 20.0 Å². The molecular formula is C22H26N4O3S. The SMILES string of the molecule is CC(C)Oc1nc2sc(N3CCC[C@@H]3C(=O)CCc3ccccc3)nc2c(=O)n1C. The lowest BCUT2D eigenvalue weighted by atomic mass is 10.0. The molecule has 3 heterocycles. The molecule has 1 aliphatic rings. The van der Waals surface area contributed by atoms with Gasteiger partial charge in [-0.25, -0.2) is 4.98 Å². The number of anilines is 1. The molecule has 1 saturated heterocycles. The van der Waals surface area contributed by atoms with Crippen LogP contribution in [0.3, 0.4) is 0 Å². The average molecular weight is 427 g/mol. The Hall–Kier alpha value is -2.74. The van der Waals surface area contributed by atoms with E-state index in [9.17, 15) is 9.59 Å². The van der Waals surface area contributed by atoms with Gasteiger partial charge in [0.15, 0.2) is 21.3 Å². The first-order valence-electron chi connectivity index (χ1n) is 10.3. The Morgan fingerprint density at radius 2 is 2.03 bits per heavy atom. The van der Waals surface area contributed by atoms with E-state index in [-0.39, 0.29) is 29.5 Å². The van der Waals surface area contributed by atoms with Crippen molar-refractivity contribution in [1.29, 1.82) is 0 Å². The fourth-order valence-electron chi connectivity index (χ4n) is 3.77. The Morgan fingerprint density at radius 3 is 2.77 bits per heavy atom. The zero-order valence-electron chi connectivity index (χ0n) is 17.5. The van der Waals surface area contributed by atoms with Gasteiger partial charge in [-0.05, 0) is 38.7 Å². The van der Waals surface area contributed by atoms with Crippen molar-refractivity contribution in [3.05, 3.63) is 46.2 Å². The Balaban J connectivity index is 1.57. The first-order chi connectivity index (χ1) is 14.4. The number of benzene rings is 1. The number of rotatable bonds is 7. The van der Waals surface area contributed by atoms with Gasteiger partial charge >= 0.3 is 6.01 Å². The zero-order chi connectivity index (χ0) is 21.3. The van der Waals surface area contributed by atoms with Crippen LogP contribution in [-0.4, -0.2) is 39.0 Å². The number of aromatic nitrogens is 3. The van der Waals surface area contributed by atoms with Gasteiger partial charge in [0.2, 0.25) is 0 Å². The molecule has 3 aromatic rings. The molecular weight excluding hydrogens is 400 g/mol. The van der Waals surface area contributed by atoms with Gasteiger partial charge in [-0.3, -0.25) is 14.2 Å². The Labute approximate surface area is 179 Å². The van der Waals surface area contributed by atoms with E-state index in [0.717, 1.165) is 25.8 Å². The number of Topliss-reactive ketones (excluding diaryl/α,β-unsaturated/α-hetero) is 1. The maximum Gasteiger partial charge on any atom is 0.300 e. The maximum atomic E-state index is 12.9. The third-order valence-electron chi connectivity index (χ3n) is 5.30. The summed E-state index contributed by atoms with van der Waals surface area (Å²) in [5.41, 5.74) is 1.26. The molecule has 30 heavy (non-hydrogen) atoms. The van der Waals surface area contributed by atoms with Crippen LogP contribution in [-0.2, 0) is 18.3 Å². The fraction of sp³-hybridized carbons (Fsp3) is 0.455. The van der Waals surface area contributed by atoms with Crippen LogP contribution in [0.25, 0.3) is 10.3 Å². The molecule has 1 fully saturated rings. The lowest BCUT2D eigenvalue weighted by Gasteiger charge is -2.22. The number of ether oxygens (including phenoxy) is 1. The van der Waals surface area contributed by atoms with E-state index in [1.807, 2.05) is 49.1 Å². The minimum absolute atomic E-state index is 0.0851. The van der Waals surface area contributed by atoms with Crippen molar-refractivity contribution < 1.29 is 9.53 Å². The maximum absolute atomic E-state index is 12.9. The van der Waals surface area contributed by atoms with Gasteiger partial charge in [-0.1, -0.05) is 41.7 Å². The van der Waals surface area contributed by atoms with Crippen molar-refractivity contribution in [3.8, 4) is 6.01 Å². The largest absolute Gasteiger partial charge is 0.462 e. The summed E-state index contributed by atoms with van der Waals surface area (Å²) in [5, 5.41) is 0.687. The standard InChI is InChI=1S/C22H26N4O3S/c1-14(2)29-21-24-19-18(20(28)25(21)3)23-22(30-19)26-13-7-10-16(26)17(27)12-11-15-8-5-4-6-9-15/h4-6,8-9,14,16H,7,10-13H2,1-3H3/t16-/m1/s1. The topological polar surface area (TPSA) is 77.3 Å². The van der Waals surface area contributed by atoms with E-state index in [1.54, 1.807) is 7.05 Å². The molecule has 0 saturated carbocycles. The number of carbonyl (C=O) groups is 1. The van der Waals surface area contributed by atoms with Crippen molar-refractivity contribution in [2.75, 3.05) is 11.4 Å². The Bertz CT molecular complexity index is 1110. The normalized spacial score (nSPS) is 16.5. The highest BCUT2D eigenvalue weighted by Gasteiger charge is 2.32. The quantitative estimate of drug-likeness (QED) is 0.577. The summed E-state index contributed by atoms with van der Waals surface area (Å²) in [6, 6.07) is 10.2. The van der Waals surface area contributed by atoms with Gasteiger partial charge in [0.25, 0.3) is 5.56 Å². The third-order valence-corrected chi connectivity index (χ3v) is 6.29. The number of thiazole rings is 1. The van der Waals surface area contributed by atoms with Crippen LogP contribution in [0.15, 0.2) is 35.1 Å². The van der Waals surface area contributed by atoms with Crippen molar-refractivity contribution in [2.24, 2.45) is 7.05 Å². The predicted octanol–water partition coefficient (Wildman–Crippen LogP) is 3.35. The minimum Gasteiger partial charge on any atom is -0.462 e. The molecule has 7 nitrogen and oxygen atoms in total. The number of nitrogens with zero attached hydrogens (tertiary/aromatic N) is 4. The number of hydrogen-bond donors (Lipinski definition) is 0. The van der Waals surface area contributed by atoms with Crippen LogP contribution in [0.2, 0.25) is 0 Å². The zero-order valence-corrected chi connectivity index (χ0v) is 18.3. The van der Waals surface area contributed by atoms with Crippen molar-refractivity contribution >= 4 is 32.6 Å². The molecule has 4 rings (SSSR count). The lowest BCUT2D eigenvalue weighted by molar-refractivity contribution is -0.120. The highest BCUT2D eigenvalue weighted by molar-refractivity contribution is 7.21. The summed E-state index contributed by atoms with van der Waals surface area (Å²) in [5.74, 6) is 0.223. The van der Waals surface area contributed by atoms with E-state index in [1.165, 1.54) is 21.5 Å². The van der Waals surface area contributed by atoms with E-state index in [4.69, 9.17) is 4.74 Å². The molecule has 2 aromatic heterocycles. The monoisotopic (exact) mass is 426 g/mol. The fourth-order valence-corrected chi connectivity index (χ4v) is 4.77. The molecule has 0 unspecified atom stereocenters. The highest BCUT2D eigenvalue weighted by Crippen LogP contribution is 2.33. The molecule has 0 amide bonds. The van der Waals surface area contributed by atoms with Crippen molar-refractivity contribution in [1.82, 2.24) is 14.5 Å². The first kappa shape index (κ1) is 20.5. The molecule has 0 N–H and O–H groups in total. The van der Waals surface area contributed by atoms with Crippen LogP contribution in [0.1, 0.15) is 38.7 Å². The van der Waals surface area contributed by atoms with E-state index in [0.29, 0.717) is 21.9 Å². The summed E-state index contributed by atoms with van der Waals surface area (Å²) in [6.07, 6.45) is 2.91. The highest BCUT2D eigenvalue weighted by atomic mass is 32.1. The van der Waals surface area contributed by atoms with Gasteiger partial charge in [0.05, 0.1) is 12.1 Å². The van der Waals surface area contributed by atoms with Crippen LogP contribution in [0.5, 0.6) is 6.01 Å². The summed E-state index contributed by atoms with van der Waals surface area (Å²) >= 11 is 1.35. The second-order valence-corrected chi connectivity index (χ2v) is 8.83. The van der Waals surface area contributed by atoms with Crippen LogP contribution in [0, 0.1) is 0 Å². The molecule has 158 valence electrons. The predicted molar refractivity (Wildman–Crippen MR) is 119 cm³/mol. The second-order valence-electron chi connectivity index (χ2n) is 7.88. The lowest BCUT2D eigenvalue weighted by Crippen LogP contribution is -2.36. The number of ketones is 1. The van der Waals surface area contributed by atoms with Crippen molar-refractivity contribution in [2.45, 2.75) is 51.7 Å². The summed E-state index contributed by atoms with van der Waals surface area (Å²) in [4.78, 5) is 37.3. The van der Waals surface area contributed by atoms with Gasteiger partial charge in [-0.2, -0.15) is 4.98 Å². The molecule has 0 bridgehead atoms. The number of carbonyl (C=O) groups excluding carboxylic acids is 1. The van der Waals surface area contributed by atoms with E-state index in [2.05, 4.69) is 9.97 Å². The summed E-state index contributed by atoms with van der Waals surface area (Å²) in [6.45, 7) is 4.55. The van der Waals surface area contributed by atoms with Crippen LogP contribution in [0.4, 0.5) is 5.13 Å². The molecule has 1 aliphatic heterocycles.